The van der Waals surface area contributed by atoms with Gasteiger partial charge in [0.2, 0.25) is 0 Å². The summed E-state index contributed by atoms with van der Waals surface area (Å²) in [4.78, 5) is 10.6. The minimum absolute atomic E-state index is 0.316. The molecule has 0 aliphatic rings. The Labute approximate surface area is 105 Å². The number of halogens is 9. The summed E-state index contributed by atoms with van der Waals surface area (Å²) < 4.78 is 111. The Hall–Kier alpha value is -0.810. The van der Waals surface area contributed by atoms with Crippen LogP contribution >= 0.6 is 12.6 Å². The van der Waals surface area contributed by atoms with E-state index >= 15 is 0 Å². The highest BCUT2D eigenvalue weighted by molar-refractivity contribution is 7.80. The zero-order valence-corrected chi connectivity index (χ0v) is 9.57. The van der Waals surface area contributed by atoms with Crippen LogP contribution in [0.4, 0.5) is 39.5 Å². The van der Waals surface area contributed by atoms with Crippen molar-refractivity contribution in [2.24, 2.45) is 0 Å². The number of carbonyl (C=O) groups is 1. The Morgan fingerprint density at radius 1 is 0.895 bits per heavy atom. The molecular formula is C7H6F9NOS. The van der Waals surface area contributed by atoms with E-state index in [9.17, 15) is 44.3 Å². The summed E-state index contributed by atoms with van der Waals surface area (Å²) in [7, 11) is 0. The van der Waals surface area contributed by atoms with E-state index in [1.165, 1.54) is 0 Å². The number of rotatable bonds is 5. The van der Waals surface area contributed by atoms with Gasteiger partial charge < -0.3 is 5.32 Å². The second kappa shape index (κ2) is 5.29. The number of amides is 1. The molecule has 1 N–H and O–H groups in total. The van der Waals surface area contributed by atoms with E-state index in [-0.39, 0.29) is 5.75 Å². The highest BCUT2D eigenvalue weighted by atomic mass is 32.1. The highest BCUT2D eigenvalue weighted by Gasteiger charge is 2.83. The number of hydrogen-bond acceptors (Lipinski definition) is 2. The van der Waals surface area contributed by atoms with E-state index in [0.717, 1.165) is 5.32 Å². The predicted molar refractivity (Wildman–Crippen MR) is 47.8 cm³/mol. The molecule has 0 atom stereocenters. The maximum atomic E-state index is 12.8. The van der Waals surface area contributed by atoms with Crippen LogP contribution in [-0.4, -0.2) is 42.1 Å². The van der Waals surface area contributed by atoms with Gasteiger partial charge in [-0.25, -0.2) is 0 Å². The molecule has 114 valence electrons. The molecule has 0 fully saturated rings. The zero-order chi connectivity index (χ0) is 15.7. The topological polar surface area (TPSA) is 29.1 Å². The standard InChI is InChI=1S/C7H6F9NOS/c8-4(9,3(18)17-1-2-19)5(10,11)6(12,13)7(14,15)16/h19H,1-2H2,(H,17,18). The molecular weight excluding hydrogens is 317 g/mol. The lowest BCUT2D eigenvalue weighted by Gasteiger charge is -2.32. The van der Waals surface area contributed by atoms with Gasteiger partial charge in [0.25, 0.3) is 5.91 Å². The number of carbonyl (C=O) groups excluding carboxylic acids is 1. The van der Waals surface area contributed by atoms with Gasteiger partial charge in [0.15, 0.2) is 0 Å². The van der Waals surface area contributed by atoms with Crippen LogP contribution < -0.4 is 5.32 Å². The lowest BCUT2D eigenvalue weighted by Crippen LogP contribution is -2.65. The van der Waals surface area contributed by atoms with Gasteiger partial charge in [-0.2, -0.15) is 52.1 Å². The summed E-state index contributed by atoms with van der Waals surface area (Å²) in [5.74, 6) is -23.5. The second-order valence-corrected chi connectivity index (χ2v) is 3.65. The fraction of sp³-hybridized carbons (Fsp3) is 0.857. The third kappa shape index (κ3) is 3.03. The molecule has 0 aliphatic heterocycles. The molecule has 2 nitrogen and oxygen atoms in total. The Balaban J connectivity index is 5.45. The smallest absolute Gasteiger partial charge is 0.350 e. The number of nitrogens with one attached hydrogen (secondary N) is 1. The Kier molecular flexibility index (Phi) is 5.06. The average Bonchev–Trinajstić information content (AvgIpc) is 2.23. The molecule has 0 spiro atoms. The third-order valence-corrected chi connectivity index (χ3v) is 2.05. The van der Waals surface area contributed by atoms with E-state index < -0.39 is 36.4 Å². The fourth-order valence-electron chi connectivity index (χ4n) is 0.798. The van der Waals surface area contributed by atoms with Crippen molar-refractivity contribution < 1.29 is 44.3 Å². The summed E-state index contributed by atoms with van der Waals surface area (Å²) in [5, 5.41) is 1.06. The summed E-state index contributed by atoms with van der Waals surface area (Å²) in [5.41, 5.74) is 0. The molecule has 0 aromatic rings. The van der Waals surface area contributed by atoms with Crippen LogP contribution in [0, 0.1) is 0 Å². The first-order valence-electron chi connectivity index (χ1n) is 4.32. The molecule has 0 saturated carbocycles. The first-order valence-corrected chi connectivity index (χ1v) is 4.96. The van der Waals surface area contributed by atoms with E-state index in [1.54, 1.807) is 0 Å². The van der Waals surface area contributed by atoms with Crippen molar-refractivity contribution in [2.75, 3.05) is 12.3 Å². The number of alkyl halides is 9. The van der Waals surface area contributed by atoms with E-state index in [4.69, 9.17) is 0 Å². The van der Waals surface area contributed by atoms with E-state index in [0.29, 0.717) is 0 Å². The first kappa shape index (κ1) is 18.2. The molecule has 0 bridgehead atoms. The van der Waals surface area contributed by atoms with Gasteiger partial charge in [-0.05, 0) is 0 Å². The van der Waals surface area contributed by atoms with Crippen LogP contribution in [0.2, 0.25) is 0 Å². The molecule has 0 aromatic carbocycles. The van der Waals surface area contributed by atoms with Crippen molar-refractivity contribution >= 4 is 18.5 Å². The second-order valence-electron chi connectivity index (χ2n) is 3.20. The van der Waals surface area contributed by atoms with Gasteiger partial charge in [-0.1, -0.05) is 0 Å². The first-order chi connectivity index (χ1) is 8.23. The van der Waals surface area contributed by atoms with Crippen LogP contribution in [0.1, 0.15) is 0 Å². The summed E-state index contributed by atoms with van der Waals surface area (Å²) in [6.07, 6.45) is -6.94. The molecule has 0 heterocycles. The molecule has 12 heteroatoms. The minimum atomic E-state index is -7.07. The van der Waals surface area contributed by atoms with Crippen molar-refractivity contribution in [2.45, 2.75) is 23.9 Å². The van der Waals surface area contributed by atoms with Gasteiger partial charge in [-0.15, -0.1) is 0 Å². The van der Waals surface area contributed by atoms with Crippen molar-refractivity contribution in [1.82, 2.24) is 5.32 Å². The molecule has 0 radical (unpaired) electrons. The normalized spacial score (nSPS) is 14.4. The van der Waals surface area contributed by atoms with Crippen molar-refractivity contribution in [3.63, 3.8) is 0 Å². The van der Waals surface area contributed by atoms with Crippen molar-refractivity contribution in [3.8, 4) is 0 Å². The van der Waals surface area contributed by atoms with E-state index in [1.807, 2.05) is 0 Å². The highest BCUT2D eigenvalue weighted by Crippen LogP contribution is 2.52. The molecule has 0 unspecified atom stereocenters. The number of thiol groups is 1. The number of hydrogen-bond donors (Lipinski definition) is 2. The van der Waals surface area contributed by atoms with Crippen LogP contribution in [0.5, 0.6) is 0 Å². The Morgan fingerprint density at radius 3 is 1.63 bits per heavy atom. The van der Waals surface area contributed by atoms with Crippen LogP contribution in [-0.2, 0) is 4.79 Å². The van der Waals surface area contributed by atoms with Crippen molar-refractivity contribution in [3.05, 3.63) is 0 Å². The Morgan fingerprint density at radius 2 is 1.32 bits per heavy atom. The maximum Gasteiger partial charge on any atom is 0.460 e. The SMILES string of the molecule is O=C(NCCS)C(F)(F)C(F)(F)C(F)(F)C(F)(F)F. The average molecular weight is 323 g/mol. The third-order valence-electron chi connectivity index (χ3n) is 1.83. The lowest BCUT2D eigenvalue weighted by atomic mass is 10.0. The van der Waals surface area contributed by atoms with E-state index in [2.05, 4.69) is 12.6 Å². The van der Waals surface area contributed by atoms with Crippen molar-refractivity contribution in [1.29, 1.82) is 0 Å². The molecule has 0 aliphatic carbocycles. The lowest BCUT2D eigenvalue weighted by molar-refractivity contribution is -0.388. The minimum Gasteiger partial charge on any atom is -0.350 e. The van der Waals surface area contributed by atoms with Gasteiger partial charge in [0.05, 0.1) is 0 Å². The monoisotopic (exact) mass is 323 g/mol. The van der Waals surface area contributed by atoms with Crippen LogP contribution in [0.3, 0.4) is 0 Å². The Bertz CT molecular complexity index is 340. The van der Waals surface area contributed by atoms with Crippen LogP contribution in [0.15, 0.2) is 0 Å². The molecule has 19 heavy (non-hydrogen) atoms. The fourth-order valence-corrected chi connectivity index (χ4v) is 0.910. The zero-order valence-electron chi connectivity index (χ0n) is 8.67. The summed E-state index contributed by atoms with van der Waals surface area (Å²) in [6.45, 7) is -0.717. The summed E-state index contributed by atoms with van der Waals surface area (Å²) >= 11 is 3.39. The van der Waals surface area contributed by atoms with Gasteiger partial charge in [-0.3, -0.25) is 4.79 Å². The summed E-state index contributed by atoms with van der Waals surface area (Å²) in [6, 6.07) is 0. The van der Waals surface area contributed by atoms with Gasteiger partial charge >= 0.3 is 23.9 Å². The largest absolute Gasteiger partial charge is 0.460 e. The molecule has 0 aromatic heterocycles. The molecule has 0 saturated heterocycles. The quantitative estimate of drug-likeness (QED) is 0.591. The van der Waals surface area contributed by atoms with Gasteiger partial charge in [0.1, 0.15) is 0 Å². The van der Waals surface area contributed by atoms with Gasteiger partial charge in [0, 0.05) is 12.3 Å². The predicted octanol–water partition coefficient (Wildman–Crippen LogP) is 2.50. The van der Waals surface area contributed by atoms with Crippen LogP contribution in [0.25, 0.3) is 0 Å². The molecule has 1 amide bonds. The maximum absolute atomic E-state index is 12.8. The molecule has 0 rings (SSSR count).